The first-order valence-corrected chi connectivity index (χ1v) is 11.6. The lowest BCUT2D eigenvalue weighted by atomic mass is 9.99. The Morgan fingerprint density at radius 2 is 1.85 bits per heavy atom. The number of hydrogen-bond acceptors (Lipinski definition) is 2. The first kappa shape index (κ1) is 24.6. The van der Waals surface area contributed by atoms with Gasteiger partial charge in [0.25, 0.3) is 5.91 Å². The zero-order valence-electron chi connectivity index (χ0n) is 20.3. The Labute approximate surface area is 200 Å². The van der Waals surface area contributed by atoms with Gasteiger partial charge in [-0.2, -0.15) is 0 Å². The van der Waals surface area contributed by atoms with Gasteiger partial charge in [0.15, 0.2) is 0 Å². The number of carbonyl (C=O) groups is 1. The fourth-order valence-corrected chi connectivity index (χ4v) is 4.49. The zero-order valence-corrected chi connectivity index (χ0v) is 21.5. The molecule has 3 nitrogen and oxygen atoms in total. The molecule has 1 amide bonds. The second kappa shape index (κ2) is 10.3. The first-order chi connectivity index (χ1) is 15.5. The molecule has 0 saturated carbocycles. The topological polar surface area (TPSA) is 33.2 Å². The fraction of sp³-hybridized carbons (Fsp3) is 0.241. The average molecular weight is 457 g/mol. The molecule has 0 fully saturated rings. The van der Waals surface area contributed by atoms with Crippen LogP contribution in [0, 0.1) is 13.8 Å². The molecule has 0 N–H and O–H groups in total. The van der Waals surface area contributed by atoms with Gasteiger partial charge in [0, 0.05) is 30.7 Å². The number of carbonyl (C=O) groups excluding carboxylic acids is 1. The van der Waals surface area contributed by atoms with E-state index < -0.39 is 0 Å². The predicted molar refractivity (Wildman–Crippen MR) is 145 cm³/mol. The van der Waals surface area contributed by atoms with Crippen molar-refractivity contribution in [1.82, 2.24) is 9.88 Å². The smallest absolute Gasteiger partial charge is 0.253 e. The number of rotatable bonds is 7. The minimum Gasteiger partial charge on any atom is -0.337 e. The lowest BCUT2D eigenvalue weighted by molar-refractivity contribution is -0.126. The monoisotopic (exact) mass is 456 g/mol. The summed E-state index contributed by atoms with van der Waals surface area (Å²) in [5.74, 6) is -0.0801. The Morgan fingerprint density at radius 3 is 2.55 bits per heavy atom. The Balaban J connectivity index is 1.71. The Hall–Kier alpha value is -3.03. The van der Waals surface area contributed by atoms with Crippen LogP contribution in [-0.4, -0.2) is 22.8 Å². The molecule has 0 aliphatic carbocycles. The SMILES string of the molecule is C=C(/C=C(\C)Cc1cnc2ccc(C)cc2c1)C(=O)N(C)Cc1cc(C(=C)C)c(C)cc1P. The van der Waals surface area contributed by atoms with Crippen LogP contribution >= 0.6 is 9.24 Å². The molecule has 33 heavy (non-hydrogen) atoms. The number of amides is 1. The van der Waals surface area contributed by atoms with Gasteiger partial charge < -0.3 is 4.90 Å². The molecule has 1 atom stereocenters. The normalized spacial score (nSPS) is 11.5. The fourth-order valence-electron chi connectivity index (χ4n) is 4.07. The number of allylic oxidation sites excluding steroid dienone is 2. The highest BCUT2D eigenvalue weighted by molar-refractivity contribution is 7.27. The van der Waals surface area contributed by atoms with E-state index in [9.17, 15) is 4.79 Å². The van der Waals surface area contributed by atoms with Gasteiger partial charge in [-0.15, -0.1) is 9.24 Å². The molecule has 4 heteroatoms. The van der Waals surface area contributed by atoms with Crippen molar-refractivity contribution in [1.29, 1.82) is 0 Å². The maximum absolute atomic E-state index is 13.0. The molecule has 3 rings (SSSR count). The molecule has 0 spiro atoms. The van der Waals surface area contributed by atoms with E-state index in [0.29, 0.717) is 12.1 Å². The lowest BCUT2D eigenvalue weighted by Gasteiger charge is -2.20. The highest BCUT2D eigenvalue weighted by Gasteiger charge is 2.14. The van der Waals surface area contributed by atoms with Crippen molar-refractivity contribution in [2.75, 3.05) is 7.05 Å². The van der Waals surface area contributed by atoms with Crippen LogP contribution in [0.15, 0.2) is 73.0 Å². The van der Waals surface area contributed by atoms with E-state index in [1.807, 2.05) is 39.2 Å². The minimum absolute atomic E-state index is 0.0801. The largest absolute Gasteiger partial charge is 0.337 e. The molecule has 1 heterocycles. The summed E-state index contributed by atoms with van der Waals surface area (Å²) in [6, 6.07) is 12.7. The molecule has 0 radical (unpaired) electrons. The maximum atomic E-state index is 13.0. The molecule has 3 aromatic rings. The summed E-state index contributed by atoms with van der Waals surface area (Å²) in [6.07, 6.45) is 4.51. The van der Waals surface area contributed by atoms with Gasteiger partial charge in [-0.05, 0) is 85.9 Å². The first-order valence-electron chi connectivity index (χ1n) is 11.1. The number of hydrogen-bond donors (Lipinski definition) is 0. The average Bonchev–Trinajstić information content (AvgIpc) is 2.74. The Bertz CT molecular complexity index is 1290. The molecule has 1 unspecified atom stereocenters. The highest BCUT2D eigenvalue weighted by Crippen LogP contribution is 2.21. The third kappa shape index (κ3) is 6.06. The summed E-state index contributed by atoms with van der Waals surface area (Å²) >= 11 is 0. The van der Waals surface area contributed by atoms with Crippen molar-refractivity contribution in [2.45, 2.75) is 40.7 Å². The van der Waals surface area contributed by atoms with E-state index in [1.54, 1.807) is 4.90 Å². The predicted octanol–water partition coefficient (Wildman–Crippen LogP) is 6.09. The van der Waals surface area contributed by atoms with Crippen molar-refractivity contribution < 1.29 is 4.79 Å². The molecule has 0 saturated heterocycles. The van der Waals surface area contributed by atoms with Crippen molar-refractivity contribution in [3.8, 4) is 0 Å². The van der Waals surface area contributed by atoms with Crippen LogP contribution in [0.3, 0.4) is 0 Å². The molecule has 0 aliphatic rings. The second-order valence-corrected chi connectivity index (χ2v) is 9.66. The standard InChI is InChI=1S/C29H33N2OP/c1-18(2)26-15-25(28(33)13-21(26)5)17-31(7)29(32)22(6)10-20(4)11-23-14-24-12-19(3)8-9-27(24)30-16-23/h8-10,12-16H,1,6,11,17,33H2,2-5,7H3/b20-10+. The van der Waals surface area contributed by atoms with E-state index >= 15 is 0 Å². The Kier molecular flexibility index (Phi) is 7.66. The molecular formula is C29H33N2OP. The van der Waals surface area contributed by atoms with Gasteiger partial charge in [0.1, 0.15) is 0 Å². The van der Waals surface area contributed by atoms with E-state index in [2.05, 4.69) is 71.6 Å². The Morgan fingerprint density at radius 1 is 1.12 bits per heavy atom. The van der Waals surface area contributed by atoms with Crippen LogP contribution in [0.4, 0.5) is 0 Å². The third-order valence-electron chi connectivity index (χ3n) is 5.77. The van der Waals surface area contributed by atoms with Crippen molar-refractivity contribution in [2.24, 2.45) is 0 Å². The summed E-state index contributed by atoms with van der Waals surface area (Å²) in [5, 5.41) is 2.23. The summed E-state index contributed by atoms with van der Waals surface area (Å²) in [7, 11) is 4.59. The summed E-state index contributed by atoms with van der Waals surface area (Å²) < 4.78 is 0. The summed E-state index contributed by atoms with van der Waals surface area (Å²) in [6.45, 7) is 16.8. The molecule has 0 aliphatic heterocycles. The van der Waals surface area contributed by atoms with Gasteiger partial charge in [0.05, 0.1) is 5.52 Å². The van der Waals surface area contributed by atoms with Crippen LogP contribution < -0.4 is 5.30 Å². The molecule has 2 aromatic carbocycles. The molecule has 170 valence electrons. The number of benzene rings is 2. The number of likely N-dealkylation sites (N-methyl/N-ethyl adjacent to an activating group) is 1. The second-order valence-electron chi connectivity index (χ2n) is 9.04. The van der Waals surface area contributed by atoms with E-state index in [4.69, 9.17) is 0 Å². The van der Waals surface area contributed by atoms with Crippen LogP contribution in [0.5, 0.6) is 0 Å². The number of nitrogens with zero attached hydrogens (tertiary/aromatic N) is 2. The summed E-state index contributed by atoms with van der Waals surface area (Å²) in [4.78, 5) is 19.3. The number of fused-ring (bicyclic) bond motifs is 1. The van der Waals surface area contributed by atoms with Gasteiger partial charge in [-0.3, -0.25) is 9.78 Å². The van der Waals surface area contributed by atoms with E-state index in [-0.39, 0.29) is 5.91 Å². The minimum atomic E-state index is -0.0801. The van der Waals surface area contributed by atoms with E-state index in [0.717, 1.165) is 50.5 Å². The number of aromatic nitrogens is 1. The van der Waals surface area contributed by atoms with Crippen molar-refractivity contribution >= 4 is 36.9 Å². The van der Waals surface area contributed by atoms with Crippen molar-refractivity contribution in [3.63, 3.8) is 0 Å². The molecule has 0 bridgehead atoms. The lowest BCUT2D eigenvalue weighted by Crippen LogP contribution is -2.28. The zero-order chi connectivity index (χ0) is 24.3. The quantitative estimate of drug-likeness (QED) is 0.245. The summed E-state index contributed by atoms with van der Waals surface area (Å²) in [5.41, 5.74) is 9.31. The van der Waals surface area contributed by atoms with Crippen LogP contribution in [0.25, 0.3) is 16.5 Å². The van der Waals surface area contributed by atoms with E-state index in [1.165, 1.54) is 11.1 Å². The molecular weight excluding hydrogens is 423 g/mol. The van der Waals surface area contributed by atoms with Crippen LogP contribution in [-0.2, 0) is 17.8 Å². The van der Waals surface area contributed by atoms with Gasteiger partial charge >= 0.3 is 0 Å². The van der Waals surface area contributed by atoms with Gasteiger partial charge in [-0.25, -0.2) is 0 Å². The molecule has 1 aromatic heterocycles. The van der Waals surface area contributed by atoms with Crippen molar-refractivity contribution in [3.05, 3.63) is 101 Å². The third-order valence-corrected chi connectivity index (χ3v) is 6.31. The highest BCUT2D eigenvalue weighted by atomic mass is 31.0. The van der Waals surface area contributed by atoms with Crippen LogP contribution in [0.2, 0.25) is 0 Å². The number of aryl methyl sites for hydroxylation is 2. The maximum Gasteiger partial charge on any atom is 0.253 e. The van der Waals surface area contributed by atoms with Crippen LogP contribution in [0.1, 0.15) is 41.7 Å². The number of pyridine rings is 1. The van der Waals surface area contributed by atoms with Gasteiger partial charge in [-0.1, -0.05) is 48.1 Å². The van der Waals surface area contributed by atoms with Gasteiger partial charge in [0.2, 0.25) is 0 Å².